The molecule has 0 saturated carbocycles. The Kier molecular flexibility index (Phi) is 12.0. The molecule has 42 heavy (non-hydrogen) atoms. The largest absolute Gasteiger partial charge is 0.463 e. The van der Waals surface area contributed by atoms with E-state index in [2.05, 4.69) is 26.0 Å². The molecular weight excluding hydrogens is 542 g/mol. The second-order valence-electron chi connectivity index (χ2n) is 9.31. The summed E-state index contributed by atoms with van der Waals surface area (Å²) in [6, 6.07) is 20.8. The number of benzene rings is 3. The maximum atomic E-state index is 12.8. The molecule has 0 aromatic heterocycles. The van der Waals surface area contributed by atoms with Gasteiger partial charge in [0.2, 0.25) is 17.7 Å². The normalized spacial score (nSPS) is 11.8. The predicted molar refractivity (Wildman–Crippen MR) is 155 cm³/mol. The molecule has 0 heterocycles. The molecule has 0 aliphatic rings. The van der Waals surface area contributed by atoms with Gasteiger partial charge in [0.1, 0.15) is 19.3 Å². The van der Waals surface area contributed by atoms with Crippen LogP contribution in [0.25, 0.3) is 0 Å². The van der Waals surface area contributed by atoms with Crippen molar-refractivity contribution >= 4 is 41.7 Å². The third kappa shape index (κ3) is 10.7. The molecule has 6 N–H and O–H groups in total. The zero-order chi connectivity index (χ0) is 30.3. The fraction of sp³-hybridized carbons (Fsp3) is 0.233. The van der Waals surface area contributed by atoms with Gasteiger partial charge in [-0.2, -0.15) is 0 Å². The van der Waals surface area contributed by atoms with Crippen molar-refractivity contribution in [3.63, 3.8) is 0 Å². The Bertz CT molecular complexity index is 1350. The van der Waals surface area contributed by atoms with E-state index in [4.69, 9.17) is 10.5 Å². The van der Waals surface area contributed by atoms with Crippen LogP contribution in [0.2, 0.25) is 0 Å². The van der Waals surface area contributed by atoms with Crippen LogP contribution in [0.1, 0.15) is 23.6 Å². The molecule has 2 atom stereocenters. The zero-order valence-electron chi connectivity index (χ0n) is 23.0. The average molecular weight is 576 g/mol. The van der Waals surface area contributed by atoms with Gasteiger partial charge in [0.05, 0.1) is 12.6 Å². The van der Waals surface area contributed by atoms with Crippen LogP contribution < -0.4 is 27.0 Å². The molecule has 3 rings (SSSR count). The number of nitrogens with one attached hydrogen (secondary N) is 4. The molecule has 0 radical (unpaired) electrons. The molecule has 0 fully saturated rings. The van der Waals surface area contributed by atoms with Gasteiger partial charge in [-0.25, -0.2) is 4.79 Å². The monoisotopic (exact) mass is 575 g/mol. The molecule has 220 valence electrons. The number of nitrogens with two attached hydrogens (primary N) is 1. The van der Waals surface area contributed by atoms with E-state index < -0.39 is 35.9 Å². The summed E-state index contributed by atoms with van der Waals surface area (Å²) in [6.07, 6.45) is -0.416. The van der Waals surface area contributed by atoms with Crippen LogP contribution in [0.4, 0.5) is 16.2 Å². The standard InChI is InChI=1S/C30H33N5O7/c1-20(31)28(38)35-26(15-21-5-3-2-4-6-21)29(39)32-16-27(37)33-24-11-9-23(10-12-24)18-42-30(40)34-25-13-7-22(8-14-25)17-41-19-36/h2-14,19-20,26H,15-18,31H2,1H3,(H,32,39)(H,33,37)(H,34,40)(H,35,38)/t20-,26+/m1/s1. The summed E-state index contributed by atoms with van der Waals surface area (Å²) in [6.45, 7) is 1.71. The highest BCUT2D eigenvalue weighted by molar-refractivity contribution is 5.96. The summed E-state index contributed by atoms with van der Waals surface area (Å²) in [4.78, 5) is 59.7. The fourth-order valence-electron chi connectivity index (χ4n) is 3.66. The van der Waals surface area contributed by atoms with Gasteiger partial charge in [0, 0.05) is 17.8 Å². The van der Waals surface area contributed by atoms with Crippen molar-refractivity contribution in [2.75, 3.05) is 17.2 Å². The summed E-state index contributed by atoms with van der Waals surface area (Å²) in [5, 5.41) is 10.5. The number of rotatable bonds is 14. The van der Waals surface area contributed by atoms with Crippen LogP contribution in [-0.2, 0) is 48.3 Å². The van der Waals surface area contributed by atoms with Crippen LogP contribution in [0.5, 0.6) is 0 Å². The first-order chi connectivity index (χ1) is 20.2. The van der Waals surface area contributed by atoms with Crippen LogP contribution in [0.15, 0.2) is 78.9 Å². The quantitative estimate of drug-likeness (QED) is 0.182. The lowest BCUT2D eigenvalue weighted by atomic mass is 10.0. The zero-order valence-corrected chi connectivity index (χ0v) is 23.0. The predicted octanol–water partition coefficient (Wildman–Crippen LogP) is 2.24. The first-order valence-electron chi connectivity index (χ1n) is 13.1. The van der Waals surface area contributed by atoms with Crippen molar-refractivity contribution < 1.29 is 33.4 Å². The van der Waals surface area contributed by atoms with Gasteiger partial charge in [-0.3, -0.25) is 24.5 Å². The van der Waals surface area contributed by atoms with Gasteiger partial charge in [-0.1, -0.05) is 54.6 Å². The SMILES string of the molecule is C[C@@H](N)C(=O)N[C@@H](Cc1ccccc1)C(=O)NCC(=O)Nc1ccc(COC(=O)Nc2ccc(COC=O)cc2)cc1. The summed E-state index contributed by atoms with van der Waals surface area (Å²) in [7, 11) is 0. The summed E-state index contributed by atoms with van der Waals surface area (Å²) in [5.74, 6) is -1.46. The number of hydrogen-bond acceptors (Lipinski definition) is 8. The third-order valence-electron chi connectivity index (χ3n) is 5.88. The Morgan fingerprint density at radius 2 is 1.38 bits per heavy atom. The van der Waals surface area contributed by atoms with E-state index >= 15 is 0 Å². The van der Waals surface area contributed by atoms with Gasteiger partial charge in [-0.15, -0.1) is 0 Å². The highest BCUT2D eigenvalue weighted by atomic mass is 16.5. The van der Waals surface area contributed by atoms with Gasteiger partial charge >= 0.3 is 6.09 Å². The molecule has 0 spiro atoms. The molecule has 0 unspecified atom stereocenters. The summed E-state index contributed by atoms with van der Waals surface area (Å²) in [5.41, 5.74) is 8.92. The second kappa shape index (κ2) is 16.1. The Labute approximate surface area is 242 Å². The van der Waals surface area contributed by atoms with Gasteiger partial charge in [-0.05, 0) is 47.9 Å². The van der Waals surface area contributed by atoms with Crippen LogP contribution in [0, 0.1) is 0 Å². The van der Waals surface area contributed by atoms with Gasteiger partial charge < -0.3 is 31.2 Å². The van der Waals surface area contributed by atoms with E-state index in [1.807, 2.05) is 30.3 Å². The van der Waals surface area contributed by atoms with E-state index in [-0.39, 0.29) is 26.2 Å². The number of hydrogen-bond donors (Lipinski definition) is 5. The molecule has 0 aliphatic heterocycles. The topological polar surface area (TPSA) is 178 Å². The Morgan fingerprint density at radius 1 is 0.786 bits per heavy atom. The van der Waals surface area contributed by atoms with Crippen molar-refractivity contribution in [2.24, 2.45) is 5.73 Å². The van der Waals surface area contributed by atoms with Crippen molar-refractivity contribution in [2.45, 2.75) is 38.6 Å². The number of carbonyl (C=O) groups excluding carboxylic acids is 5. The summed E-state index contributed by atoms with van der Waals surface area (Å²) < 4.78 is 9.90. The van der Waals surface area contributed by atoms with E-state index in [9.17, 15) is 24.0 Å². The number of anilines is 2. The minimum Gasteiger partial charge on any atom is -0.463 e. The Balaban J connectivity index is 1.43. The van der Waals surface area contributed by atoms with E-state index in [0.717, 1.165) is 11.1 Å². The van der Waals surface area contributed by atoms with E-state index in [1.165, 1.54) is 6.92 Å². The molecule has 0 bridgehead atoms. The molecular formula is C30H33N5O7. The molecule has 0 aliphatic carbocycles. The second-order valence-corrected chi connectivity index (χ2v) is 9.31. The Hall–Kier alpha value is -5.23. The van der Waals surface area contributed by atoms with Crippen molar-refractivity contribution in [1.82, 2.24) is 10.6 Å². The molecule has 0 saturated heterocycles. The molecule has 3 aromatic rings. The average Bonchev–Trinajstić information content (AvgIpc) is 2.99. The number of carbonyl (C=O) groups is 5. The van der Waals surface area contributed by atoms with Crippen molar-refractivity contribution in [3.05, 3.63) is 95.6 Å². The maximum absolute atomic E-state index is 12.8. The lowest BCUT2D eigenvalue weighted by Crippen LogP contribution is -2.52. The van der Waals surface area contributed by atoms with E-state index in [0.29, 0.717) is 23.4 Å². The molecule has 12 heteroatoms. The smallest absolute Gasteiger partial charge is 0.411 e. The lowest BCUT2D eigenvalue weighted by molar-refractivity contribution is -0.130. The fourth-order valence-corrected chi connectivity index (χ4v) is 3.66. The van der Waals surface area contributed by atoms with Gasteiger partial charge in [0.25, 0.3) is 6.47 Å². The summed E-state index contributed by atoms with van der Waals surface area (Å²) >= 11 is 0. The first-order valence-corrected chi connectivity index (χ1v) is 13.1. The number of amides is 4. The minimum absolute atomic E-state index is 0.00266. The third-order valence-corrected chi connectivity index (χ3v) is 5.88. The lowest BCUT2D eigenvalue weighted by Gasteiger charge is -2.19. The molecule has 3 aromatic carbocycles. The highest BCUT2D eigenvalue weighted by Crippen LogP contribution is 2.13. The number of ether oxygens (including phenoxy) is 2. The van der Waals surface area contributed by atoms with Crippen LogP contribution in [0.3, 0.4) is 0 Å². The molecule has 4 amide bonds. The van der Waals surface area contributed by atoms with Crippen LogP contribution >= 0.6 is 0 Å². The van der Waals surface area contributed by atoms with Crippen molar-refractivity contribution in [1.29, 1.82) is 0 Å². The van der Waals surface area contributed by atoms with Crippen molar-refractivity contribution in [3.8, 4) is 0 Å². The minimum atomic E-state index is -0.905. The maximum Gasteiger partial charge on any atom is 0.411 e. The van der Waals surface area contributed by atoms with Gasteiger partial charge in [0.15, 0.2) is 0 Å². The highest BCUT2D eigenvalue weighted by Gasteiger charge is 2.23. The Morgan fingerprint density at radius 3 is 1.98 bits per heavy atom. The first kappa shape index (κ1) is 31.3. The van der Waals surface area contributed by atoms with E-state index in [1.54, 1.807) is 48.5 Å². The molecule has 12 nitrogen and oxygen atoms in total. The van der Waals surface area contributed by atoms with Crippen LogP contribution in [-0.4, -0.2) is 48.9 Å².